The first kappa shape index (κ1) is 17.8. The number of ether oxygens (including phenoxy) is 2. The van der Waals surface area contributed by atoms with E-state index in [1.54, 1.807) is 7.11 Å². The van der Waals surface area contributed by atoms with E-state index in [0.717, 1.165) is 43.1 Å². The predicted molar refractivity (Wildman–Crippen MR) is 100 cm³/mol. The van der Waals surface area contributed by atoms with Crippen LogP contribution in [0, 0.1) is 5.92 Å². The Labute approximate surface area is 151 Å². The van der Waals surface area contributed by atoms with Gasteiger partial charge in [0.25, 0.3) is 0 Å². The second-order valence-corrected chi connectivity index (χ2v) is 7.51. The summed E-state index contributed by atoms with van der Waals surface area (Å²) in [6, 6.07) is 4.31. The third-order valence-electron chi connectivity index (χ3n) is 5.67. The number of halogens is 1. The smallest absolute Gasteiger partial charge is 0.140 e. The Balaban J connectivity index is 1.78. The van der Waals surface area contributed by atoms with E-state index in [1.165, 1.54) is 36.8 Å². The number of methoxy groups -OCH3 is 1. The summed E-state index contributed by atoms with van der Waals surface area (Å²) in [4.78, 5) is 0. The molecular weight excluding hydrogens is 320 g/mol. The summed E-state index contributed by atoms with van der Waals surface area (Å²) < 4.78 is 11.8. The van der Waals surface area contributed by atoms with Crippen LogP contribution in [0.2, 0.25) is 5.02 Å². The van der Waals surface area contributed by atoms with Crippen molar-refractivity contribution in [1.29, 1.82) is 0 Å². The lowest BCUT2D eigenvalue weighted by Crippen LogP contribution is -2.40. The maximum Gasteiger partial charge on any atom is 0.140 e. The lowest BCUT2D eigenvalue weighted by molar-refractivity contribution is -0.0600. The Morgan fingerprint density at radius 2 is 2.08 bits per heavy atom. The van der Waals surface area contributed by atoms with Crippen LogP contribution in [0.5, 0.6) is 5.75 Å². The Bertz CT molecular complexity index is 590. The summed E-state index contributed by atoms with van der Waals surface area (Å²) in [6.45, 7) is 3.00. The number of aryl methyl sites for hydroxylation is 2. The normalized spacial score (nSPS) is 24.5. The lowest BCUT2D eigenvalue weighted by atomic mass is 9.79. The molecule has 0 amide bonds. The molecule has 24 heavy (non-hydrogen) atoms. The zero-order valence-electron chi connectivity index (χ0n) is 14.9. The van der Waals surface area contributed by atoms with E-state index >= 15 is 0 Å². The maximum absolute atomic E-state index is 6.43. The molecule has 2 nitrogen and oxygen atoms in total. The van der Waals surface area contributed by atoms with Crippen LogP contribution in [0.4, 0.5) is 0 Å². The Hall–Kier alpha value is -0.990. The molecule has 0 spiro atoms. The predicted octanol–water partition coefficient (Wildman–Crippen LogP) is 5.75. The van der Waals surface area contributed by atoms with Crippen LogP contribution in [0.1, 0.15) is 56.6 Å². The van der Waals surface area contributed by atoms with Gasteiger partial charge in [-0.05, 0) is 61.6 Å². The quantitative estimate of drug-likeness (QED) is 0.609. The minimum atomic E-state index is -0.0620. The van der Waals surface area contributed by atoms with Gasteiger partial charge in [-0.25, -0.2) is 0 Å². The zero-order valence-corrected chi connectivity index (χ0v) is 15.7. The highest BCUT2D eigenvalue weighted by molar-refractivity contribution is 6.32. The highest BCUT2D eigenvalue weighted by atomic mass is 35.5. The van der Waals surface area contributed by atoms with Crippen molar-refractivity contribution in [2.24, 2.45) is 5.92 Å². The topological polar surface area (TPSA) is 18.5 Å². The standard InChI is InChI=1S/C21H29ClO2/c1-3-17-14-16(15-19(22)20(17)23-2)10-12-21(11-6-7-13-24-21)18-8-4-5-9-18/h6,11,14-15,18H,3-5,7-10,12-13H2,1-2H3. The van der Waals surface area contributed by atoms with Gasteiger partial charge in [0, 0.05) is 0 Å². The second-order valence-electron chi connectivity index (χ2n) is 7.10. The van der Waals surface area contributed by atoms with Crippen molar-refractivity contribution in [2.75, 3.05) is 13.7 Å². The summed E-state index contributed by atoms with van der Waals surface area (Å²) in [6.07, 6.45) is 14.0. The van der Waals surface area contributed by atoms with Gasteiger partial charge in [-0.3, -0.25) is 0 Å². The molecule has 132 valence electrons. The SMILES string of the molecule is CCc1cc(CCC2(C3CCCC3)C=CCCO2)cc(Cl)c1OC. The fourth-order valence-corrected chi connectivity index (χ4v) is 4.70. The Kier molecular flexibility index (Phi) is 5.89. The van der Waals surface area contributed by atoms with Crippen molar-refractivity contribution in [3.63, 3.8) is 0 Å². The average molecular weight is 349 g/mol. The first-order valence-electron chi connectivity index (χ1n) is 9.35. The van der Waals surface area contributed by atoms with Gasteiger partial charge in [-0.15, -0.1) is 0 Å². The molecule has 1 atom stereocenters. The molecule has 0 saturated heterocycles. The van der Waals surface area contributed by atoms with E-state index < -0.39 is 0 Å². The van der Waals surface area contributed by atoms with Gasteiger partial charge in [0.15, 0.2) is 0 Å². The van der Waals surface area contributed by atoms with Crippen LogP contribution in [0.25, 0.3) is 0 Å². The average Bonchev–Trinajstić information content (AvgIpc) is 3.15. The van der Waals surface area contributed by atoms with Gasteiger partial charge in [-0.1, -0.05) is 49.6 Å². The van der Waals surface area contributed by atoms with Crippen LogP contribution in [0.15, 0.2) is 24.3 Å². The van der Waals surface area contributed by atoms with Crippen LogP contribution in [-0.4, -0.2) is 19.3 Å². The van der Waals surface area contributed by atoms with Crippen LogP contribution < -0.4 is 4.74 Å². The molecule has 0 aromatic heterocycles. The van der Waals surface area contributed by atoms with E-state index in [4.69, 9.17) is 21.1 Å². The Morgan fingerprint density at radius 1 is 1.29 bits per heavy atom. The van der Waals surface area contributed by atoms with Gasteiger partial charge < -0.3 is 9.47 Å². The number of hydrogen-bond acceptors (Lipinski definition) is 2. The molecule has 1 aliphatic heterocycles. The van der Waals surface area contributed by atoms with E-state index in [-0.39, 0.29) is 5.60 Å². The van der Waals surface area contributed by atoms with Crippen molar-refractivity contribution in [1.82, 2.24) is 0 Å². The fraction of sp³-hybridized carbons (Fsp3) is 0.619. The fourth-order valence-electron chi connectivity index (χ4n) is 4.36. The lowest BCUT2D eigenvalue weighted by Gasteiger charge is -2.39. The molecule has 0 radical (unpaired) electrons. The molecule has 1 fully saturated rings. The van der Waals surface area contributed by atoms with Crippen molar-refractivity contribution in [3.05, 3.63) is 40.4 Å². The molecule has 1 aromatic carbocycles. The second kappa shape index (κ2) is 7.93. The van der Waals surface area contributed by atoms with Crippen LogP contribution >= 0.6 is 11.6 Å². The van der Waals surface area contributed by atoms with Gasteiger partial charge >= 0.3 is 0 Å². The maximum atomic E-state index is 6.43. The van der Waals surface area contributed by atoms with Crippen LogP contribution in [0.3, 0.4) is 0 Å². The largest absolute Gasteiger partial charge is 0.495 e. The van der Waals surface area contributed by atoms with Crippen molar-refractivity contribution in [3.8, 4) is 5.75 Å². The van der Waals surface area contributed by atoms with Gasteiger partial charge in [0.2, 0.25) is 0 Å². The number of benzene rings is 1. The molecule has 3 heteroatoms. The minimum absolute atomic E-state index is 0.0620. The first-order chi connectivity index (χ1) is 11.7. The molecule has 1 unspecified atom stereocenters. The molecule has 1 heterocycles. The molecule has 3 rings (SSSR count). The first-order valence-corrected chi connectivity index (χ1v) is 9.73. The summed E-state index contributed by atoms with van der Waals surface area (Å²) in [5.41, 5.74) is 2.42. The van der Waals surface area contributed by atoms with Gasteiger partial charge in [0.1, 0.15) is 5.75 Å². The molecule has 1 aromatic rings. The third kappa shape index (κ3) is 3.65. The molecule has 0 bridgehead atoms. The molecular formula is C21H29ClO2. The van der Waals surface area contributed by atoms with E-state index in [0.29, 0.717) is 5.92 Å². The summed E-state index contributed by atoms with van der Waals surface area (Å²) in [5.74, 6) is 1.50. The molecule has 0 N–H and O–H groups in total. The summed E-state index contributed by atoms with van der Waals surface area (Å²) in [5, 5.41) is 0.724. The highest BCUT2D eigenvalue weighted by Crippen LogP contribution is 2.42. The van der Waals surface area contributed by atoms with Crippen LogP contribution in [-0.2, 0) is 17.6 Å². The number of hydrogen-bond donors (Lipinski definition) is 0. The molecule has 1 aliphatic carbocycles. The van der Waals surface area contributed by atoms with Gasteiger partial charge in [0.05, 0.1) is 24.3 Å². The zero-order chi connectivity index (χ0) is 17.0. The highest BCUT2D eigenvalue weighted by Gasteiger charge is 2.39. The molecule has 1 saturated carbocycles. The van der Waals surface area contributed by atoms with Crippen molar-refractivity contribution in [2.45, 2.75) is 63.9 Å². The van der Waals surface area contributed by atoms with Crippen molar-refractivity contribution < 1.29 is 9.47 Å². The Morgan fingerprint density at radius 3 is 2.71 bits per heavy atom. The van der Waals surface area contributed by atoms with E-state index in [2.05, 4.69) is 31.2 Å². The number of rotatable bonds is 6. The third-order valence-corrected chi connectivity index (χ3v) is 5.95. The van der Waals surface area contributed by atoms with E-state index in [1.807, 2.05) is 0 Å². The molecule has 2 aliphatic rings. The van der Waals surface area contributed by atoms with E-state index in [9.17, 15) is 0 Å². The van der Waals surface area contributed by atoms with Crippen molar-refractivity contribution >= 4 is 11.6 Å². The van der Waals surface area contributed by atoms with Gasteiger partial charge in [-0.2, -0.15) is 0 Å². The summed E-state index contributed by atoms with van der Waals surface area (Å²) in [7, 11) is 1.69. The summed E-state index contributed by atoms with van der Waals surface area (Å²) >= 11 is 6.43. The monoisotopic (exact) mass is 348 g/mol. The minimum Gasteiger partial charge on any atom is -0.495 e.